The number of hydrogen-bond donors (Lipinski definition) is 1. The molecule has 0 saturated heterocycles. The number of nitrogens with two attached hydrogens (primary N) is 1. The molecule has 0 amide bonds. The first kappa shape index (κ1) is 12.9. The molecule has 1 nitrogen and oxygen atoms in total. The minimum atomic E-state index is -0.548. The van der Waals surface area contributed by atoms with Crippen LogP contribution in [-0.2, 0) is 5.54 Å². The molecule has 0 aliphatic rings. The second-order valence-corrected chi connectivity index (χ2v) is 4.77. The summed E-state index contributed by atoms with van der Waals surface area (Å²) in [4.78, 5) is 0. The average Bonchev–Trinajstić information content (AvgIpc) is 2.40. The van der Waals surface area contributed by atoms with Crippen LogP contribution in [0.25, 0.3) is 0 Å². The van der Waals surface area contributed by atoms with E-state index in [0.29, 0.717) is 11.4 Å². The minimum Gasteiger partial charge on any atom is -0.317 e. The van der Waals surface area contributed by atoms with E-state index >= 15 is 0 Å². The summed E-state index contributed by atoms with van der Waals surface area (Å²) in [5, 5.41) is 0.716. The van der Waals surface area contributed by atoms with E-state index in [2.05, 4.69) is 6.58 Å². The van der Waals surface area contributed by atoms with E-state index in [9.17, 15) is 0 Å². The quantitative estimate of drug-likeness (QED) is 0.820. The Balaban J connectivity index is 2.50. The lowest BCUT2D eigenvalue weighted by Crippen LogP contribution is -2.37. The van der Waals surface area contributed by atoms with Crippen LogP contribution in [0.5, 0.6) is 0 Å². The predicted octanol–water partition coefficient (Wildman–Crippen LogP) is 4.12. The Morgan fingerprint density at radius 1 is 1.00 bits per heavy atom. The van der Waals surface area contributed by atoms with E-state index in [-0.39, 0.29) is 0 Å². The van der Waals surface area contributed by atoms with Crippen molar-refractivity contribution in [2.45, 2.75) is 12.0 Å². The van der Waals surface area contributed by atoms with Gasteiger partial charge in [-0.25, -0.2) is 0 Å². The van der Waals surface area contributed by atoms with Crippen LogP contribution in [0.2, 0.25) is 5.02 Å². The molecule has 0 saturated carbocycles. The lowest BCUT2D eigenvalue weighted by molar-refractivity contribution is 0.547. The molecule has 0 fully saturated rings. The van der Waals surface area contributed by atoms with Gasteiger partial charge in [0.15, 0.2) is 0 Å². The van der Waals surface area contributed by atoms with Crippen LogP contribution in [0, 0.1) is 0 Å². The van der Waals surface area contributed by atoms with Gasteiger partial charge in [0.2, 0.25) is 0 Å². The van der Waals surface area contributed by atoms with Crippen molar-refractivity contribution in [3.63, 3.8) is 0 Å². The van der Waals surface area contributed by atoms with Gasteiger partial charge in [-0.3, -0.25) is 0 Å². The highest BCUT2D eigenvalue weighted by Crippen LogP contribution is 2.31. The van der Waals surface area contributed by atoms with Gasteiger partial charge >= 0.3 is 0 Å². The van der Waals surface area contributed by atoms with Gasteiger partial charge in [0.1, 0.15) is 0 Å². The van der Waals surface area contributed by atoms with E-state index in [1.165, 1.54) is 0 Å². The molecule has 92 valence electrons. The molecule has 2 heteroatoms. The van der Waals surface area contributed by atoms with Crippen LogP contribution in [0.3, 0.4) is 0 Å². The predicted molar refractivity (Wildman–Crippen MR) is 77.7 cm³/mol. The van der Waals surface area contributed by atoms with Crippen LogP contribution in [-0.4, -0.2) is 0 Å². The number of halogens is 1. The summed E-state index contributed by atoms with van der Waals surface area (Å²) in [5.41, 5.74) is 8.15. The summed E-state index contributed by atoms with van der Waals surface area (Å²) in [6, 6.07) is 17.7. The maximum Gasteiger partial charge on any atom is 0.0700 e. The van der Waals surface area contributed by atoms with Crippen molar-refractivity contribution in [3.8, 4) is 0 Å². The molecule has 0 aliphatic heterocycles. The molecule has 0 aromatic heterocycles. The molecule has 2 aromatic rings. The zero-order valence-electron chi connectivity index (χ0n) is 10.1. The summed E-state index contributed by atoms with van der Waals surface area (Å²) < 4.78 is 0. The van der Waals surface area contributed by atoms with Crippen molar-refractivity contribution in [1.82, 2.24) is 0 Å². The third kappa shape index (κ3) is 2.47. The SMILES string of the molecule is C=CCC(N)(c1ccccc1)c1ccc(Cl)cc1. The first-order valence-corrected chi connectivity index (χ1v) is 6.26. The smallest absolute Gasteiger partial charge is 0.0700 e. The third-order valence-electron chi connectivity index (χ3n) is 3.11. The van der Waals surface area contributed by atoms with Crippen LogP contribution >= 0.6 is 11.6 Å². The van der Waals surface area contributed by atoms with E-state index in [1.54, 1.807) is 0 Å². The first-order chi connectivity index (χ1) is 8.66. The van der Waals surface area contributed by atoms with Crippen molar-refractivity contribution in [2.24, 2.45) is 5.73 Å². The van der Waals surface area contributed by atoms with E-state index in [0.717, 1.165) is 11.1 Å². The highest BCUT2D eigenvalue weighted by atomic mass is 35.5. The van der Waals surface area contributed by atoms with Gasteiger partial charge in [0, 0.05) is 5.02 Å². The number of rotatable bonds is 4. The highest BCUT2D eigenvalue weighted by Gasteiger charge is 2.27. The Morgan fingerprint density at radius 2 is 1.56 bits per heavy atom. The zero-order valence-corrected chi connectivity index (χ0v) is 10.9. The lowest BCUT2D eigenvalue weighted by atomic mass is 9.81. The summed E-state index contributed by atoms with van der Waals surface area (Å²) in [7, 11) is 0. The molecular weight excluding hydrogens is 242 g/mol. The maximum atomic E-state index is 6.59. The normalized spacial score (nSPS) is 13.9. The molecular formula is C16H16ClN. The first-order valence-electron chi connectivity index (χ1n) is 5.88. The van der Waals surface area contributed by atoms with Gasteiger partial charge in [-0.1, -0.05) is 60.1 Å². The van der Waals surface area contributed by atoms with E-state index in [4.69, 9.17) is 17.3 Å². The summed E-state index contributed by atoms with van der Waals surface area (Å²) >= 11 is 5.92. The van der Waals surface area contributed by atoms with E-state index in [1.807, 2.05) is 60.7 Å². The molecule has 0 radical (unpaired) electrons. The van der Waals surface area contributed by atoms with Crippen molar-refractivity contribution in [3.05, 3.63) is 83.4 Å². The summed E-state index contributed by atoms with van der Waals surface area (Å²) in [6.45, 7) is 3.81. The topological polar surface area (TPSA) is 26.0 Å². The van der Waals surface area contributed by atoms with Crippen molar-refractivity contribution >= 4 is 11.6 Å². The Hall–Kier alpha value is -1.57. The van der Waals surface area contributed by atoms with Gasteiger partial charge in [-0.2, -0.15) is 0 Å². The van der Waals surface area contributed by atoms with Crippen LogP contribution in [0.4, 0.5) is 0 Å². The second-order valence-electron chi connectivity index (χ2n) is 4.34. The molecule has 0 aliphatic carbocycles. The van der Waals surface area contributed by atoms with Crippen molar-refractivity contribution < 1.29 is 0 Å². The van der Waals surface area contributed by atoms with Crippen molar-refractivity contribution in [1.29, 1.82) is 0 Å². The molecule has 1 unspecified atom stereocenters. The fourth-order valence-corrected chi connectivity index (χ4v) is 2.24. The van der Waals surface area contributed by atoms with Gasteiger partial charge in [0.05, 0.1) is 5.54 Å². The van der Waals surface area contributed by atoms with Crippen LogP contribution < -0.4 is 5.73 Å². The molecule has 1 atom stereocenters. The molecule has 18 heavy (non-hydrogen) atoms. The minimum absolute atomic E-state index is 0.548. The Morgan fingerprint density at radius 3 is 2.11 bits per heavy atom. The lowest BCUT2D eigenvalue weighted by Gasteiger charge is -2.29. The molecule has 2 N–H and O–H groups in total. The fraction of sp³-hybridized carbons (Fsp3) is 0.125. The van der Waals surface area contributed by atoms with Gasteiger partial charge < -0.3 is 5.73 Å². The van der Waals surface area contributed by atoms with Crippen molar-refractivity contribution in [2.75, 3.05) is 0 Å². The Labute approximate surface area is 113 Å². The fourth-order valence-electron chi connectivity index (χ4n) is 2.11. The summed E-state index contributed by atoms with van der Waals surface area (Å²) in [6.07, 6.45) is 2.53. The van der Waals surface area contributed by atoms with Gasteiger partial charge in [-0.05, 0) is 29.7 Å². The van der Waals surface area contributed by atoms with Crippen LogP contribution in [0.15, 0.2) is 67.3 Å². The largest absolute Gasteiger partial charge is 0.317 e. The number of benzene rings is 2. The highest BCUT2D eigenvalue weighted by molar-refractivity contribution is 6.30. The van der Waals surface area contributed by atoms with Crippen LogP contribution in [0.1, 0.15) is 17.5 Å². The van der Waals surface area contributed by atoms with E-state index < -0.39 is 5.54 Å². The average molecular weight is 258 g/mol. The Kier molecular flexibility index (Phi) is 3.85. The zero-order chi connectivity index (χ0) is 13.0. The standard InChI is InChI=1S/C16H16ClN/c1-2-12-16(18,13-6-4-3-5-7-13)14-8-10-15(17)11-9-14/h2-11H,1,12,18H2. The molecule has 0 heterocycles. The third-order valence-corrected chi connectivity index (χ3v) is 3.37. The summed E-state index contributed by atoms with van der Waals surface area (Å²) in [5.74, 6) is 0. The molecule has 2 rings (SSSR count). The molecule has 2 aromatic carbocycles. The second kappa shape index (κ2) is 5.38. The molecule has 0 bridgehead atoms. The Bertz CT molecular complexity index is 519. The van der Waals surface area contributed by atoms with Gasteiger partial charge in [0.25, 0.3) is 0 Å². The number of hydrogen-bond acceptors (Lipinski definition) is 1. The maximum absolute atomic E-state index is 6.59. The molecule has 0 spiro atoms. The van der Waals surface area contributed by atoms with Gasteiger partial charge in [-0.15, -0.1) is 6.58 Å². The monoisotopic (exact) mass is 257 g/mol.